The van der Waals surface area contributed by atoms with Crippen molar-refractivity contribution in [2.45, 2.75) is 25.5 Å². The Bertz CT molecular complexity index is 937. The van der Waals surface area contributed by atoms with E-state index in [0.29, 0.717) is 22.8 Å². The van der Waals surface area contributed by atoms with Gasteiger partial charge in [-0.3, -0.25) is 19.3 Å². The molecule has 1 aliphatic rings. The van der Waals surface area contributed by atoms with E-state index in [1.807, 2.05) is 0 Å². The van der Waals surface area contributed by atoms with Crippen LogP contribution in [0, 0.1) is 0 Å². The third-order valence-electron chi connectivity index (χ3n) is 5.01. The Morgan fingerprint density at radius 3 is 2.19 bits per heavy atom. The van der Waals surface area contributed by atoms with Gasteiger partial charge in [-0.1, -0.05) is 18.2 Å². The maximum absolute atomic E-state index is 12.4. The van der Waals surface area contributed by atoms with Crippen LogP contribution in [0.5, 0.6) is 17.2 Å². The fraction of sp³-hybridized carbons (Fsp3) is 0.348. The normalized spacial score (nSPS) is 14.3. The van der Waals surface area contributed by atoms with Gasteiger partial charge in [-0.15, -0.1) is 0 Å². The second-order valence-electron chi connectivity index (χ2n) is 7.24. The Morgan fingerprint density at radius 2 is 1.62 bits per heavy atom. The molecule has 0 bridgehead atoms. The van der Waals surface area contributed by atoms with Crippen molar-refractivity contribution in [3.63, 3.8) is 0 Å². The molecule has 1 heterocycles. The van der Waals surface area contributed by atoms with Crippen molar-refractivity contribution in [1.29, 1.82) is 0 Å². The van der Waals surface area contributed by atoms with Gasteiger partial charge in [0.15, 0.2) is 11.5 Å². The number of likely N-dealkylation sites (tertiary alicyclic amines) is 1. The predicted molar refractivity (Wildman–Crippen MR) is 115 cm³/mol. The van der Waals surface area contributed by atoms with E-state index in [1.54, 1.807) is 42.5 Å². The zero-order valence-electron chi connectivity index (χ0n) is 18.0. The molecule has 32 heavy (non-hydrogen) atoms. The molecule has 170 valence electrons. The molecule has 9 nitrogen and oxygen atoms in total. The first-order valence-corrected chi connectivity index (χ1v) is 10.1. The molecule has 0 radical (unpaired) electrons. The minimum atomic E-state index is -0.958. The lowest BCUT2D eigenvalue weighted by Crippen LogP contribution is -2.35. The van der Waals surface area contributed by atoms with Crippen molar-refractivity contribution in [2.75, 3.05) is 27.4 Å². The van der Waals surface area contributed by atoms with Gasteiger partial charge in [-0.2, -0.15) is 0 Å². The first kappa shape index (κ1) is 23.1. The van der Waals surface area contributed by atoms with Crippen LogP contribution in [0.4, 0.5) is 0 Å². The molecular formula is C23H26N2O7. The van der Waals surface area contributed by atoms with Gasteiger partial charge < -0.3 is 24.6 Å². The van der Waals surface area contributed by atoms with E-state index in [-0.39, 0.29) is 50.3 Å². The molecule has 1 aliphatic heterocycles. The highest BCUT2D eigenvalue weighted by molar-refractivity contribution is 6.01. The number of aliphatic hydroxyl groups is 1. The summed E-state index contributed by atoms with van der Waals surface area (Å²) in [6.45, 7) is 0.102. The number of nitrogens with one attached hydrogen (secondary N) is 1. The summed E-state index contributed by atoms with van der Waals surface area (Å²) < 4.78 is 16.1. The number of carbonyl (C=O) groups excluding carboxylic acids is 3. The summed E-state index contributed by atoms with van der Waals surface area (Å²) in [5.41, 5.74) is 1.15. The molecule has 0 spiro atoms. The third kappa shape index (κ3) is 5.55. The van der Waals surface area contributed by atoms with Gasteiger partial charge in [-0.05, 0) is 29.8 Å². The summed E-state index contributed by atoms with van der Waals surface area (Å²) in [6, 6.07) is 11.8. The monoisotopic (exact) mass is 442 g/mol. The molecular weight excluding hydrogens is 416 g/mol. The molecule has 9 heteroatoms. The van der Waals surface area contributed by atoms with E-state index in [4.69, 9.17) is 14.2 Å². The molecule has 0 aliphatic carbocycles. The fourth-order valence-corrected chi connectivity index (χ4v) is 3.25. The number of nitrogens with zero attached hydrogens (tertiary/aromatic N) is 1. The van der Waals surface area contributed by atoms with Gasteiger partial charge in [0.2, 0.25) is 17.6 Å². The van der Waals surface area contributed by atoms with Gasteiger partial charge >= 0.3 is 0 Å². The van der Waals surface area contributed by atoms with Gasteiger partial charge in [-0.25, -0.2) is 0 Å². The highest BCUT2D eigenvalue weighted by atomic mass is 16.5. The van der Waals surface area contributed by atoms with E-state index in [1.165, 1.54) is 19.1 Å². The van der Waals surface area contributed by atoms with Crippen molar-refractivity contribution >= 4 is 17.7 Å². The highest BCUT2D eigenvalue weighted by Crippen LogP contribution is 2.36. The number of amides is 3. The number of aliphatic hydroxyl groups excluding tert-OH is 1. The van der Waals surface area contributed by atoms with Crippen molar-refractivity contribution in [1.82, 2.24) is 10.2 Å². The summed E-state index contributed by atoms with van der Waals surface area (Å²) >= 11 is 0. The molecule has 3 rings (SSSR count). The third-order valence-corrected chi connectivity index (χ3v) is 5.01. The van der Waals surface area contributed by atoms with E-state index < -0.39 is 6.10 Å². The van der Waals surface area contributed by atoms with Crippen LogP contribution in [0.2, 0.25) is 0 Å². The average Bonchev–Trinajstić information content (AvgIpc) is 3.13. The number of para-hydroxylation sites is 1. The van der Waals surface area contributed by atoms with Crippen LogP contribution in [-0.2, 0) is 16.1 Å². The smallest absolute Gasteiger partial charge is 0.251 e. The van der Waals surface area contributed by atoms with Crippen LogP contribution in [0.25, 0.3) is 0 Å². The van der Waals surface area contributed by atoms with Crippen LogP contribution in [-0.4, -0.2) is 61.2 Å². The molecule has 0 saturated carbocycles. The fourth-order valence-electron chi connectivity index (χ4n) is 3.25. The maximum atomic E-state index is 12.4. The molecule has 2 aromatic rings. The summed E-state index contributed by atoms with van der Waals surface area (Å²) in [6.07, 6.45) is -0.468. The Morgan fingerprint density at radius 1 is 1.03 bits per heavy atom. The molecule has 1 unspecified atom stereocenters. The van der Waals surface area contributed by atoms with Crippen LogP contribution >= 0.6 is 0 Å². The summed E-state index contributed by atoms with van der Waals surface area (Å²) in [4.78, 5) is 37.0. The first-order chi connectivity index (χ1) is 15.4. The number of benzene rings is 2. The number of hydrogen-bond donors (Lipinski definition) is 2. The number of hydrogen-bond acceptors (Lipinski definition) is 7. The topological polar surface area (TPSA) is 114 Å². The van der Waals surface area contributed by atoms with E-state index in [9.17, 15) is 19.5 Å². The molecule has 1 fully saturated rings. The zero-order chi connectivity index (χ0) is 23.1. The highest BCUT2D eigenvalue weighted by Gasteiger charge is 2.28. The molecule has 2 aromatic carbocycles. The lowest BCUT2D eigenvalue weighted by molar-refractivity contribution is -0.139. The van der Waals surface area contributed by atoms with Gasteiger partial charge in [0.05, 0.1) is 20.8 Å². The molecule has 1 saturated heterocycles. The van der Waals surface area contributed by atoms with Gasteiger partial charge in [0, 0.05) is 24.9 Å². The first-order valence-electron chi connectivity index (χ1n) is 10.1. The van der Waals surface area contributed by atoms with Crippen LogP contribution in [0.15, 0.2) is 42.5 Å². The van der Waals surface area contributed by atoms with Crippen molar-refractivity contribution in [3.05, 3.63) is 53.6 Å². The van der Waals surface area contributed by atoms with Crippen LogP contribution in [0.1, 0.15) is 28.8 Å². The van der Waals surface area contributed by atoms with E-state index in [0.717, 1.165) is 5.56 Å². The Kier molecular flexibility index (Phi) is 7.67. The van der Waals surface area contributed by atoms with E-state index >= 15 is 0 Å². The molecule has 1 atom stereocenters. The van der Waals surface area contributed by atoms with E-state index in [2.05, 4.69) is 5.32 Å². The van der Waals surface area contributed by atoms with Crippen LogP contribution < -0.4 is 19.5 Å². The van der Waals surface area contributed by atoms with Crippen LogP contribution in [0.3, 0.4) is 0 Å². The molecule has 3 amide bonds. The predicted octanol–water partition coefficient (Wildman–Crippen LogP) is 1.52. The summed E-state index contributed by atoms with van der Waals surface area (Å²) in [7, 11) is 3.01. The average molecular weight is 442 g/mol. The number of methoxy groups -OCH3 is 2. The lowest BCUT2D eigenvalue weighted by Gasteiger charge is -2.17. The lowest BCUT2D eigenvalue weighted by atomic mass is 10.1. The molecule has 2 N–H and O–H groups in total. The Hall–Kier alpha value is -3.59. The number of rotatable bonds is 10. The zero-order valence-corrected chi connectivity index (χ0v) is 18.0. The van der Waals surface area contributed by atoms with Crippen molar-refractivity contribution in [2.24, 2.45) is 0 Å². The second kappa shape index (κ2) is 10.6. The minimum absolute atomic E-state index is 0.0190. The van der Waals surface area contributed by atoms with Crippen molar-refractivity contribution < 1.29 is 33.7 Å². The Labute approximate surface area is 185 Å². The Balaban J connectivity index is 1.49. The largest absolute Gasteiger partial charge is 0.493 e. The standard InChI is InChI=1S/C23H26N2O7/c1-30-18-4-3-5-19(31-2)22(18)32-14-17(26)12-24-23(29)16-8-6-15(7-9-16)13-25-20(27)10-11-21(25)28/h3-9,17,26H,10-14H2,1-2H3,(H,24,29). The number of carbonyl (C=O) groups is 3. The summed E-state index contributed by atoms with van der Waals surface area (Å²) in [5, 5.41) is 12.8. The summed E-state index contributed by atoms with van der Waals surface area (Å²) in [5.74, 6) is 0.584. The number of ether oxygens (including phenoxy) is 3. The molecule has 0 aromatic heterocycles. The SMILES string of the molecule is COc1cccc(OC)c1OCC(O)CNC(=O)c1ccc(CN2C(=O)CCC2=O)cc1. The quantitative estimate of drug-likeness (QED) is 0.536. The number of imide groups is 1. The van der Waals surface area contributed by atoms with Crippen molar-refractivity contribution in [3.8, 4) is 17.2 Å². The van der Waals surface area contributed by atoms with Gasteiger partial charge in [0.1, 0.15) is 12.7 Å². The minimum Gasteiger partial charge on any atom is -0.493 e. The maximum Gasteiger partial charge on any atom is 0.251 e. The van der Waals surface area contributed by atoms with Gasteiger partial charge in [0.25, 0.3) is 5.91 Å². The second-order valence-corrected chi connectivity index (χ2v) is 7.24.